The van der Waals surface area contributed by atoms with E-state index in [9.17, 15) is 48.9 Å². The number of amides is 15. The molecular formula is C95H119N17O19S. The second-order valence-electron chi connectivity index (χ2n) is 33.9. The number of aromatic hydroxyl groups is 2. The number of phenolic OH excluding ortho intramolecular Hbond substituents is 2. The molecule has 0 radical (unpaired) electrons. The molecule has 2 aromatic heterocycles. The number of unbranched alkanes of at least 4 members (excludes halogenated alkanes) is 1. The van der Waals surface area contributed by atoms with Gasteiger partial charge in [0.25, 0.3) is 0 Å². The number of nitrogens with two attached hydrogens (primary N) is 1. The van der Waals surface area contributed by atoms with Gasteiger partial charge in [0.15, 0.2) is 0 Å². The normalized spacial score (nSPS) is 21.7. The Balaban J connectivity index is 1.12. The summed E-state index contributed by atoms with van der Waals surface area (Å²) in [6.45, 7) is 6.16. The second kappa shape index (κ2) is 48.5. The van der Waals surface area contributed by atoms with Gasteiger partial charge in [0, 0.05) is 114 Å². The molecule has 15 amide bonds. The minimum atomic E-state index is -1.91. The number of para-hydroxylation sites is 1. The van der Waals surface area contributed by atoms with Crippen LogP contribution in [0.2, 0.25) is 0 Å². The average molecular weight is 1840 g/mol. The van der Waals surface area contributed by atoms with Crippen LogP contribution in [-0.4, -0.2) is 277 Å². The molecule has 0 bridgehead atoms. The van der Waals surface area contributed by atoms with Gasteiger partial charge in [-0.25, -0.2) is 0 Å². The zero-order chi connectivity index (χ0) is 96.2. The predicted molar refractivity (Wildman–Crippen MR) is 494 cm³/mol. The van der Waals surface area contributed by atoms with Crippen LogP contribution in [0.15, 0.2) is 170 Å². The van der Waals surface area contributed by atoms with E-state index in [4.69, 9.17) is 5.73 Å². The van der Waals surface area contributed by atoms with Crippen LogP contribution in [-0.2, 0) is 115 Å². The fraction of sp³-hybridized carbons (Fsp3) is 0.411. The first-order chi connectivity index (χ1) is 62.9. The first-order valence-corrected chi connectivity index (χ1v) is 44.8. The number of benzene rings is 6. The Labute approximate surface area is 769 Å². The van der Waals surface area contributed by atoms with Crippen molar-refractivity contribution < 1.29 is 92.0 Å². The molecule has 1 saturated heterocycles. The summed E-state index contributed by atoms with van der Waals surface area (Å²) in [5, 5.41) is 56.4. The highest BCUT2D eigenvalue weighted by Gasteiger charge is 2.42. The van der Waals surface area contributed by atoms with Gasteiger partial charge in [0.1, 0.15) is 78.0 Å². The first kappa shape index (κ1) is 102. The number of aromatic amines is 2. The fourth-order valence-electron chi connectivity index (χ4n) is 15.6. The number of H-pyrrole nitrogens is 2. The number of nitrogens with one attached hydrogen (secondary N) is 11. The molecule has 9 rings (SSSR count). The van der Waals surface area contributed by atoms with E-state index < -0.39 is 205 Å². The lowest BCUT2D eigenvalue weighted by atomic mass is 9.98. The van der Waals surface area contributed by atoms with E-state index in [0.717, 1.165) is 26.5 Å². The first-order valence-electron chi connectivity index (χ1n) is 43.7. The number of fused-ring (bicyclic) bond motifs is 2. The largest absolute Gasteiger partial charge is 0.508 e. The summed E-state index contributed by atoms with van der Waals surface area (Å²) >= 11 is 0.828. The standard InChI is InChI=1S/C95H119N17O19S/c1-11-12-30-76-93(129)109(7)52-81(117)101-72(48-83(119)120)89(125)107-84(56(4)5)95(131)111(9)77(44-57-22-15-13-16-23-57)90(126)105-73(43-60-33-37-64(114)38-34-60)91(127)108(6)51-80(116)100-71(47-62-49-98-68-28-20-19-27-65(62)68)88(124)104-70(42-59-31-35-63(113)36-32-59)87(123)103-69(41-55(2)3)86(122)106-75(85(121)99-50-79(96)115)53-132-54-82(118)102-74(46-61-26-21-29-67-66(61)39-40-97-67)92(128)112(10)78(94(130)110(76)8)45-58-24-17-14-18-25-58/h13-29,31-40,49,55-56,69-78,84,97-98,113-114H,11-12,30,41-48,50-54H2,1-10H3,(H2,96,115)(H,99,121)(H,100,116)(H,101,117)(H,102,118)(H,103,123)(H,104,124)(H,105,126)(H,106,122)(H,107,125)(H,119,120). The van der Waals surface area contributed by atoms with Crippen LogP contribution in [0.25, 0.3) is 21.8 Å². The maximum absolute atomic E-state index is 15.7. The molecule has 704 valence electrons. The highest BCUT2D eigenvalue weighted by atomic mass is 32.2. The van der Waals surface area contributed by atoms with E-state index in [2.05, 4.69) is 57.8 Å². The Bertz CT molecular complexity index is 5400. The van der Waals surface area contributed by atoms with Crippen LogP contribution in [0.5, 0.6) is 11.5 Å². The van der Waals surface area contributed by atoms with Crippen molar-refractivity contribution in [1.29, 1.82) is 0 Å². The average Bonchev–Trinajstić information content (AvgIpc) is 1.70. The number of primary amides is 1. The van der Waals surface area contributed by atoms with Gasteiger partial charge in [0.05, 0.1) is 31.8 Å². The molecule has 1 aliphatic rings. The number of aromatic nitrogens is 2. The predicted octanol–water partition coefficient (Wildman–Crippen LogP) is 2.81. The van der Waals surface area contributed by atoms with E-state index in [1.54, 1.807) is 143 Å². The maximum Gasteiger partial charge on any atom is 0.305 e. The quantitative estimate of drug-likeness (QED) is 0.0438. The topological polar surface area (TPSA) is 516 Å². The number of carbonyl (C=O) groups is 16. The van der Waals surface area contributed by atoms with Crippen molar-refractivity contribution in [3.05, 3.63) is 203 Å². The molecule has 1 aliphatic heterocycles. The third-order valence-corrected chi connectivity index (χ3v) is 23.9. The highest BCUT2D eigenvalue weighted by Crippen LogP contribution is 2.26. The summed E-state index contributed by atoms with van der Waals surface area (Å²) in [6.07, 6.45) is 1.70. The fourth-order valence-corrected chi connectivity index (χ4v) is 16.5. The summed E-state index contributed by atoms with van der Waals surface area (Å²) in [6, 6.07) is 25.6. The molecule has 11 atom stereocenters. The Morgan fingerprint density at radius 2 is 0.932 bits per heavy atom. The molecule has 0 saturated carbocycles. The van der Waals surface area contributed by atoms with Gasteiger partial charge in [-0.3, -0.25) is 76.7 Å². The van der Waals surface area contributed by atoms with Crippen molar-refractivity contribution in [3.63, 3.8) is 0 Å². The Kier molecular flexibility index (Phi) is 37.3. The minimum absolute atomic E-state index is 0.0226. The van der Waals surface area contributed by atoms with Gasteiger partial charge >= 0.3 is 5.97 Å². The number of carboxylic acids is 1. The molecule has 16 N–H and O–H groups in total. The molecule has 36 nitrogen and oxygen atoms in total. The number of hydrogen-bond donors (Lipinski definition) is 15. The van der Waals surface area contributed by atoms with Crippen molar-refractivity contribution in [2.75, 3.05) is 66.4 Å². The van der Waals surface area contributed by atoms with E-state index in [-0.39, 0.29) is 68.8 Å². The second-order valence-corrected chi connectivity index (χ2v) is 35.0. The van der Waals surface area contributed by atoms with E-state index in [1.807, 2.05) is 13.0 Å². The molecule has 132 heavy (non-hydrogen) atoms. The number of thioether (sulfide) groups is 1. The Morgan fingerprint density at radius 3 is 1.52 bits per heavy atom. The van der Waals surface area contributed by atoms with Gasteiger partial charge in [-0.15, -0.1) is 11.8 Å². The summed E-state index contributed by atoms with van der Waals surface area (Å²) in [4.78, 5) is 248. The molecule has 3 heterocycles. The van der Waals surface area contributed by atoms with Crippen LogP contribution < -0.4 is 53.6 Å². The molecule has 0 spiro atoms. The van der Waals surface area contributed by atoms with Gasteiger partial charge < -0.3 is 103 Å². The molecule has 11 unspecified atom stereocenters. The highest BCUT2D eigenvalue weighted by molar-refractivity contribution is 8.00. The molecule has 37 heteroatoms. The third kappa shape index (κ3) is 29.2. The van der Waals surface area contributed by atoms with Crippen molar-refractivity contribution in [3.8, 4) is 11.5 Å². The Hall–Kier alpha value is -14.1. The lowest BCUT2D eigenvalue weighted by Gasteiger charge is -2.37. The van der Waals surface area contributed by atoms with Gasteiger partial charge in [-0.1, -0.05) is 163 Å². The van der Waals surface area contributed by atoms with Gasteiger partial charge in [0.2, 0.25) is 88.6 Å². The van der Waals surface area contributed by atoms with E-state index in [0.29, 0.717) is 68.0 Å². The smallest absolute Gasteiger partial charge is 0.305 e. The summed E-state index contributed by atoms with van der Waals surface area (Å²) < 4.78 is 0. The van der Waals surface area contributed by atoms with Crippen LogP contribution in [0.1, 0.15) is 100 Å². The number of phenols is 2. The zero-order valence-corrected chi connectivity index (χ0v) is 76.4. The van der Waals surface area contributed by atoms with Crippen molar-refractivity contribution >= 4 is 128 Å². The number of rotatable bonds is 23. The van der Waals surface area contributed by atoms with Crippen molar-refractivity contribution in [1.82, 2.24) is 82.3 Å². The van der Waals surface area contributed by atoms with Crippen LogP contribution in [0.4, 0.5) is 0 Å². The number of hydrogen-bond acceptors (Lipinski definition) is 19. The molecule has 0 aliphatic carbocycles. The molecule has 6 aromatic carbocycles. The van der Waals surface area contributed by atoms with Crippen LogP contribution in [0, 0.1) is 11.8 Å². The van der Waals surface area contributed by atoms with Gasteiger partial charge in [-0.05, 0) is 101 Å². The lowest BCUT2D eigenvalue weighted by Crippen LogP contribution is -2.61. The Morgan fingerprint density at radius 1 is 0.455 bits per heavy atom. The summed E-state index contributed by atoms with van der Waals surface area (Å²) in [7, 11) is 6.55. The number of likely N-dealkylation sites (N-methyl/N-ethyl adjacent to an activating group) is 5. The number of carbonyl (C=O) groups excluding carboxylic acids is 15. The number of aliphatic carboxylic acids is 1. The van der Waals surface area contributed by atoms with Crippen LogP contribution >= 0.6 is 11.8 Å². The van der Waals surface area contributed by atoms with Crippen molar-refractivity contribution in [2.24, 2.45) is 17.6 Å². The third-order valence-electron chi connectivity index (χ3n) is 22.9. The molecule has 8 aromatic rings. The lowest BCUT2D eigenvalue weighted by molar-refractivity contribution is -0.151. The summed E-state index contributed by atoms with van der Waals surface area (Å²) in [5.74, 6) is -17.5. The van der Waals surface area contributed by atoms with Crippen molar-refractivity contribution in [2.45, 2.75) is 172 Å². The zero-order valence-electron chi connectivity index (χ0n) is 75.6. The number of carboxylic acid groups (broad SMARTS) is 1. The van der Waals surface area contributed by atoms with Crippen LogP contribution in [0.3, 0.4) is 0 Å². The molecular weight excluding hydrogens is 1720 g/mol. The summed E-state index contributed by atoms with van der Waals surface area (Å²) in [5.41, 5.74) is 9.82. The van der Waals surface area contributed by atoms with E-state index in [1.165, 1.54) is 93.6 Å². The SMILES string of the molecule is CCCCC1C(=O)N(C)CC(=O)NC(CC(=O)O)C(=O)NC(C(C)C)C(=O)N(C)C(Cc2ccccc2)C(=O)NC(Cc2ccc(O)cc2)C(=O)N(C)CC(=O)NC(Cc2c[nH]c3ccccc23)C(=O)NC(Cc2ccc(O)cc2)C(=O)NC(CC(C)C)C(=O)NC(C(=O)NCC(N)=O)CSCC(=O)NC(Cc2cccc3[nH]ccc23)C(=O)N(C)C(Cc2ccccc2)C(=O)N1C. The van der Waals surface area contributed by atoms with Gasteiger partial charge in [-0.2, -0.15) is 0 Å². The molecule has 1 fully saturated rings. The van der Waals surface area contributed by atoms with E-state index >= 15 is 43.2 Å². The minimum Gasteiger partial charge on any atom is -0.508 e. The number of nitrogens with zero attached hydrogens (tertiary/aromatic N) is 5. The monoisotopic (exact) mass is 1830 g/mol. The maximum atomic E-state index is 15.7.